The minimum Gasteiger partial charge on any atom is -0.383 e. The molecule has 0 saturated heterocycles. The lowest BCUT2D eigenvalue weighted by atomic mass is 9.92. The maximum absolute atomic E-state index is 14.0. The van der Waals surface area contributed by atoms with Gasteiger partial charge in [-0.2, -0.15) is 5.10 Å². The van der Waals surface area contributed by atoms with Crippen molar-refractivity contribution in [1.82, 2.24) is 14.7 Å². The first kappa shape index (κ1) is 25.9. The molecule has 0 aliphatic heterocycles. The highest BCUT2D eigenvalue weighted by Crippen LogP contribution is 2.26. The van der Waals surface area contributed by atoms with Gasteiger partial charge in [0, 0.05) is 25.1 Å². The summed E-state index contributed by atoms with van der Waals surface area (Å²) >= 11 is 0. The molecule has 35 heavy (non-hydrogen) atoms. The molecular weight excluding hydrogens is 449 g/mol. The Morgan fingerprint density at radius 2 is 1.83 bits per heavy atom. The molecule has 0 fully saturated rings. The number of nitrogens with one attached hydrogen (secondary N) is 2. The van der Waals surface area contributed by atoms with Gasteiger partial charge in [-0.05, 0) is 36.8 Å². The average Bonchev–Trinajstić information content (AvgIpc) is 3.22. The van der Waals surface area contributed by atoms with Gasteiger partial charge in [-0.3, -0.25) is 4.79 Å². The Morgan fingerprint density at radius 1 is 1.09 bits per heavy atom. The summed E-state index contributed by atoms with van der Waals surface area (Å²) in [4.78, 5) is 27.1. The smallest absolute Gasteiger partial charge is 0.322 e. The second-order valence-electron chi connectivity index (χ2n) is 9.29. The topological polar surface area (TPSA) is 88.5 Å². The Bertz CT molecular complexity index is 1190. The number of methoxy groups -OCH3 is 1. The molecule has 1 aromatic heterocycles. The number of hydrogen-bond acceptors (Lipinski definition) is 4. The molecule has 0 aliphatic carbocycles. The third-order valence-electron chi connectivity index (χ3n) is 5.29. The van der Waals surface area contributed by atoms with Gasteiger partial charge >= 0.3 is 6.03 Å². The van der Waals surface area contributed by atoms with Crippen molar-refractivity contribution < 1.29 is 18.7 Å². The number of hydrogen-bond donors (Lipinski definition) is 2. The number of para-hydroxylation sites is 1. The molecule has 9 heteroatoms. The molecule has 1 heterocycles. The lowest BCUT2D eigenvalue weighted by Gasteiger charge is -2.22. The van der Waals surface area contributed by atoms with Crippen molar-refractivity contribution in [3.05, 3.63) is 71.7 Å². The number of amides is 3. The predicted octanol–water partition coefficient (Wildman–Crippen LogP) is 4.74. The Hall–Kier alpha value is -3.72. The molecule has 2 aromatic carbocycles. The molecule has 0 atom stereocenters. The van der Waals surface area contributed by atoms with Gasteiger partial charge in [-0.25, -0.2) is 13.9 Å². The van der Waals surface area contributed by atoms with Crippen molar-refractivity contribution in [2.45, 2.75) is 33.1 Å². The maximum Gasteiger partial charge on any atom is 0.322 e. The lowest BCUT2D eigenvalue weighted by Crippen LogP contribution is -2.42. The van der Waals surface area contributed by atoms with Crippen LogP contribution in [0.15, 0.2) is 54.6 Å². The highest BCUT2D eigenvalue weighted by Gasteiger charge is 2.23. The van der Waals surface area contributed by atoms with E-state index in [0.29, 0.717) is 5.82 Å². The first-order valence-corrected chi connectivity index (χ1v) is 11.4. The van der Waals surface area contributed by atoms with Crippen LogP contribution in [0.2, 0.25) is 0 Å². The van der Waals surface area contributed by atoms with Crippen molar-refractivity contribution in [1.29, 1.82) is 0 Å². The van der Waals surface area contributed by atoms with Crippen LogP contribution < -0.4 is 10.6 Å². The van der Waals surface area contributed by atoms with Gasteiger partial charge in [0.15, 0.2) is 0 Å². The summed E-state index contributed by atoms with van der Waals surface area (Å²) in [6, 6.07) is 14.9. The molecule has 0 saturated carbocycles. The van der Waals surface area contributed by atoms with Gasteiger partial charge in [0.2, 0.25) is 5.91 Å². The molecule has 0 aliphatic rings. The van der Waals surface area contributed by atoms with Gasteiger partial charge in [0.25, 0.3) is 0 Å². The molecule has 186 valence electrons. The van der Waals surface area contributed by atoms with Crippen LogP contribution in [0, 0.1) is 12.7 Å². The largest absolute Gasteiger partial charge is 0.383 e. The SMILES string of the molecule is COCCN(CC(=O)Nc1cc(C(C)(C)C)nn1-c1cccc(C)c1)C(=O)Nc1ccccc1F. The summed E-state index contributed by atoms with van der Waals surface area (Å²) < 4.78 is 20.8. The first-order valence-electron chi connectivity index (χ1n) is 11.4. The van der Waals surface area contributed by atoms with E-state index in [-0.39, 0.29) is 30.8 Å². The first-order chi connectivity index (χ1) is 16.6. The van der Waals surface area contributed by atoms with Crippen LogP contribution in [-0.2, 0) is 14.9 Å². The number of aromatic nitrogens is 2. The zero-order valence-corrected chi connectivity index (χ0v) is 20.8. The number of benzene rings is 2. The molecule has 3 rings (SSSR count). The van der Waals surface area contributed by atoms with Crippen molar-refractivity contribution in [3.63, 3.8) is 0 Å². The van der Waals surface area contributed by atoms with Crippen LogP contribution in [0.25, 0.3) is 5.69 Å². The molecule has 0 unspecified atom stereocenters. The summed E-state index contributed by atoms with van der Waals surface area (Å²) in [5.41, 5.74) is 2.47. The van der Waals surface area contributed by atoms with E-state index in [1.807, 2.05) is 58.0 Å². The van der Waals surface area contributed by atoms with E-state index < -0.39 is 17.8 Å². The summed E-state index contributed by atoms with van der Waals surface area (Å²) in [5.74, 6) is -0.487. The zero-order chi connectivity index (χ0) is 25.6. The van der Waals surface area contributed by atoms with E-state index >= 15 is 0 Å². The van der Waals surface area contributed by atoms with E-state index in [1.165, 1.54) is 30.2 Å². The zero-order valence-electron chi connectivity index (χ0n) is 20.8. The average molecular weight is 482 g/mol. The van der Waals surface area contributed by atoms with Crippen LogP contribution >= 0.6 is 0 Å². The summed E-state index contributed by atoms with van der Waals surface area (Å²) in [6.07, 6.45) is 0. The number of rotatable bonds is 8. The lowest BCUT2D eigenvalue weighted by molar-refractivity contribution is -0.116. The Labute approximate surface area is 205 Å². The van der Waals surface area contributed by atoms with Gasteiger partial charge < -0.3 is 20.3 Å². The maximum atomic E-state index is 14.0. The third-order valence-corrected chi connectivity index (χ3v) is 5.29. The number of urea groups is 1. The van der Waals surface area contributed by atoms with E-state index in [1.54, 1.807) is 10.7 Å². The second kappa shape index (κ2) is 11.1. The van der Waals surface area contributed by atoms with Crippen LogP contribution in [-0.4, -0.2) is 53.4 Å². The highest BCUT2D eigenvalue weighted by molar-refractivity contribution is 5.96. The number of ether oxygens (including phenoxy) is 1. The number of aryl methyl sites for hydroxylation is 1. The minimum absolute atomic E-state index is 0.0349. The summed E-state index contributed by atoms with van der Waals surface area (Å²) in [7, 11) is 1.50. The normalized spacial score (nSPS) is 11.3. The fraction of sp³-hybridized carbons (Fsp3) is 0.346. The standard InChI is InChI=1S/C26H32FN5O3/c1-18-9-8-10-19(15-18)32-23(16-22(30-32)26(2,3)4)29-24(33)17-31(13-14-35-5)25(34)28-21-12-7-6-11-20(21)27/h6-12,15-16H,13-14,17H2,1-5H3,(H,28,34)(H,29,33). The Kier molecular flexibility index (Phi) is 8.24. The fourth-order valence-electron chi connectivity index (χ4n) is 3.36. The van der Waals surface area contributed by atoms with Crippen LogP contribution in [0.1, 0.15) is 32.0 Å². The van der Waals surface area contributed by atoms with Gasteiger partial charge in [0.05, 0.1) is 23.7 Å². The molecule has 0 bridgehead atoms. The summed E-state index contributed by atoms with van der Waals surface area (Å²) in [5, 5.41) is 10.1. The number of carbonyl (C=O) groups excluding carboxylic acids is 2. The molecule has 0 spiro atoms. The van der Waals surface area contributed by atoms with Crippen LogP contribution in [0.5, 0.6) is 0 Å². The highest BCUT2D eigenvalue weighted by atomic mass is 19.1. The number of carbonyl (C=O) groups is 2. The van der Waals surface area contributed by atoms with E-state index in [0.717, 1.165) is 16.9 Å². The quantitative estimate of drug-likeness (QED) is 0.487. The van der Waals surface area contributed by atoms with Crippen molar-refractivity contribution in [2.75, 3.05) is 37.4 Å². The van der Waals surface area contributed by atoms with Crippen molar-refractivity contribution in [2.24, 2.45) is 0 Å². The molecule has 3 amide bonds. The van der Waals surface area contributed by atoms with Crippen molar-refractivity contribution >= 4 is 23.4 Å². The number of anilines is 2. The number of halogens is 1. The van der Waals surface area contributed by atoms with Gasteiger partial charge in [-0.15, -0.1) is 0 Å². The molecule has 2 N–H and O–H groups in total. The van der Waals surface area contributed by atoms with E-state index in [2.05, 4.69) is 10.6 Å². The van der Waals surface area contributed by atoms with E-state index in [9.17, 15) is 14.0 Å². The molecule has 0 radical (unpaired) electrons. The number of nitrogens with zero attached hydrogens (tertiary/aromatic N) is 3. The minimum atomic E-state index is -0.607. The van der Waals surface area contributed by atoms with Gasteiger partial charge in [-0.1, -0.05) is 45.0 Å². The predicted molar refractivity (Wildman–Crippen MR) is 134 cm³/mol. The second-order valence-corrected chi connectivity index (χ2v) is 9.29. The molecular formula is C26H32FN5O3. The Morgan fingerprint density at radius 3 is 2.49 bits per heavy atom. The monoisotopic (exact) mass is 481 g/mol. The molecule has 8 nitrogen and oxygen atoms in total. The van der Waals surface area contributed by atoms with E-state index in [4.69, 9.17) is 9.84 Å². The van der Waals surface area contributed by atoms with Gasteiger partial charge in [0.1, 0.15) is 18.2 Å². The molecule has 3 aromatic rings. The van der Waals surface area contributed by atoms with Crippen LogP contribution in [0.4, 0.5) is 20.7 Å². The van der Waals surface area contributed by atoms with Crippen LogP contribution in [0.3, 0.4) is 0 Å². The van der Waals surface area contributed by atoms with Crippen molar-refractivity contribution in [3.8, 4) is 5.69 Å². The summed E-state index contributed by atoms with van der Waals surface area (Å²) in [6.45, 7) is 8.22. The fourth-order valence-corrected chi connectivity index (χ4v) is 3.36. The Balaban J connectivity index is 1.82. The third kappa shape index (κ3) is 6.89.